The normalized spacial score (nSPS) is 12.5. The van der Waals surface area contributed by atoms with E-state index in [1.54, 1.807) is 6.20 Å². The second-order valence-corrected chi connectivity index (χ2v) is 6.35. The smallest absolute Gasteiger partial charge is 0.300 e. The van der Waals surface area contributed by atoms with Crippen molar-refractivity contribution in [3.05, 3.63) is 42.1 Å². The van der Waals surface area contributed by atoms with Crippen LogP contribution in [0.15, 0.2) is 36.5 Å². The van der Waals surface area contributed by atoms with Crippen molar-refractivity contribution in [3.8, 4) is 0 Å². The van der Waals surface area contributed by atoms with E-state index in [0.29, 0.717) is 0 Å². The molecule has 1 aromatic carbocycles. The van der Waals surface area contributed by atoms with Crippen LogP contribution in [0.2, 0.25) is 0 Å². The fourth-order valence-electron chi connectivity index (χ4n) is 1.43. The SMILES string of the molecule is CC(C)OP(=O)(N/C=C/c1ccccc1)OC(C)C. The highest BCUT2D eigenvalue weighted by molar-refractivity contribution is 7.51. The van der Waals surface area contributed by atoms with Gasteiger partial charge in [-0.15, -0.1) is 0 Å². The molecule has 0 unspecified atom stereocenters. The van der Waals surface area contributed by atoms with Gasteiger partial charge < -0.3 is 0 Å². The van der Waals surface area contributed by atoms with Crippen molar-refractivity contribution in [1.29, 1.82) is 0 Å². The molecule has 0 saturated heterocycles. The third-order valence-electron chi connectivity index (χ3n) is 2.01. The molecule has 4 nitrogen and oxygen atoms in total. The molecule has 106 valence electrons. The van der Waals surface area contributed by atoms with Crippen LogP contribution in [-0.4, -0.2) is 12.2 Å². The Morgan fingerprint density at radius 1 is 1.05 bits per heavy atom. The molecule has 0 aliphatic carbocycles. The molecule has 0 spiro atoms. The summed E-state index contributed by atoms with van der Waals surface area (Å²) in [6.45, 7) is 7.27. The van der Waals surface area contributed by atoms with Gasteiger partial charge in [0, 0.05) is 6.20 Å². The minimum Gasteiger partial charge on any atom is -0.300 e. The lowest BCUT2D eigenvalue weighted by atomic mass is 10.2. The molecule has 5 heteroatoms. The molecular weight excluding hydrogens is 261 g/mol. The Bertz CT molecular complexity index is 429. The van der Waals surface area contributed by atoms with E-state index in [-0.39, 0.29) is 12.2 Å². The molecule has 1 aromatic rings. The van der Waals surface area contributed by atoms with Crippen LogP contribution in [0, 0.1) is 0 Å². The van der Waals surface area contributed by atoms with Gasteiger partial charge in [0.25, 0.3) is 0 Å². The molecular formula is C14H22NO3P. The molecule has 0 aromatic heterocycles. The first-order chi connectivity index (χ1) is 8.91. The van der Waals surface area contributed by atoms with Crippen LogP contribution in [0.3, 0.4) is 0 Å². The van der Waals surface area contributed by atoms with E-state index < -0.39 is 7.75 Å². The van der Waals surface area contributed by atoms with Crippen LogP contribution in [-0.2, 0) is 13.6 Å². The van der Waals surface area contributed by atoms with E-state index in [2.05, 4.69) is 5.09 Å². The molecule has 0 aliphatic heterocycles. The Kier molecular flexibility index (Phi) is 6.29. The Hall–Kier alpha value is -1.09. The Balaban J connectivity index is 2.68. The van der Waals surface area contributed by atoms with Gasteiger partial charge in [-0.2, -0.15) is 0 Å². The topological polar surface area (TPSA) is 47.6 Å². The van der Waals surface area contributed by atoms with Crippen LogP contribution in [0.25, 0.3) is 6.08 Å². The zero-order valence-electron chi connectivity index (χ0n) is 11.9. The molecule has 0 radical (unpaired) electrons. The predicted molar refractivity (Wildman–Crippen MR) is 78.7 cm³/mol. The summed E-state index contributed by atoms with van der Waals surface area (Å²) in [4.78, 5) is 0. The fraction of sp³-hybridized carbons (Fsp3) is 0.429. The average molecular weight is 283 g/mol. The van der Waals surface area contributed by atoms with E-state index in [1.807, 2.05) is 64.1 Å². The summed E-state index contributed by atoms with van der Waals surface area (Å²) in [6.07, 6.45) is 3.06. The third-order valence-corrected chi connectivity index (χ3v) is 3.87. The summed E-state index contributed by atoms with van der Waals surface area (Å²) in [5.74, 6) is 0. The van der Waals surface area contributed by atoms with E-state index in [0.717, 1.165) is 5.56 Å². The number of rotatable bonds is 7. The first-order valence-corrected chi connectivity index (χ1v) is 7.92. The van der Waals surface area contributed by atoms with Gasteiger partial charge in [-0.25, -0.2) is 4.57 Å². The summed E-state index contributed by atoms with van der Waals surface area (Å²) >= 11 is 0. The molecule has 0 saturated carbocycles. The first kappa shape index (κ1) is 16.0. The van der Waals surface area contributed by atoms with Crippen LogP contribution in [0.4, 0.5) is 0 Å². The third kappa shape index (κ3) is 6.58. The Morgan fingerprint density at radius 3 is 2.05 bits per heavy atom. The lowest BCUT2D eigenvalue weighted by Crippen LogP contribution is -2.15. The quantitative estimate of drug-likeness (QED) is 0.762. The molecule has 1 N–H and O–H groups in total. The monoisotopic (exact) mass is 283 g/mol. The Morgan fingerprint density at radius 2 is 1.58 bits per heavy atom. The fourth-order valence-corrected chi connectivity index (χ4v) is 2.97. The second kappa shape index (κ2) is 7.49. The van der Waals surface area contributed by atoms with Gasteiger partial charge in [0.05, 0.1) is 12.2 Å². The first-order valence-electron chi connectivity index (χ1n) is 6.37. The minimum atomic E-state index is -3.31. The molecule has 0 atom stereocenters. The molecule has 0 bridgehead atoms. The number of nitrogens with one attached hydrogen (secondary N) is 1. The molecule has 0 fully saturated rings. The molecule has 0 amide bonds. The minimum absolute atomic E-state index is 0.179. The lowest BCUT2D eigenvalue weighted by Gasteiger charge is -2.22. The van der Waals surface area contributed by atoms with Crippen LogP contribution >= 0.6 is 7.75 Å². The number of benzene rings is 1. The van der Waals surface area contributed by atoms with Crippen molar-refractivity contribution in [2.75, 3.05) is 0 Å². The van der Waals surface area contributed by atoms with E-state index in [9.17, 15) is 4.57 Å². The highest BCUT2D eigenvalue weighted by atomic mass is 31.2. The van der Waals surface area contributed by atoms with E-state index >= 15 is 0 Å². The van der Waals surface area contributed by atoms with Crippen molar-refractivity contribution in [1.82, 2.24) is 5.09 Å². The van der Waals surface area contributed by atoms with Crippen molar-refractivity contribution < 1.29 is 13.6 Å². The highest BCUT2D eigenvalue weighted by Gasteiger charge is 2.26. The molecule has 0 heterocycles. The van der Waals surface area contributed by atoms with Gasteiger partial charge in [0.15, 0.2) is 0 Å². The van der Waals surface area contributed by atoms with Gasteiger partial charge in [-0.1, -0.05) is 30.3 Å². The number of hydrogen-bond donors (Lipinski definition) is 1. The van der Waals surface area contributed by atoms with Gasteiger partial charge in [0.1, 0.15) is 0 Å². The van der Waals surface area contributed by atoms with Crippen molar-refractivity contribution in [2.24, 2.45) is 0 Å². The van der Waals surface area contributed by atoms with Crippen LogP contribution in [0.1, 0.15) is 33.3 Å². The van der Waals surface area contributed by atoms with Gasteiger partial charge in [0.2, 0.25) is 0 Å². The van der Waals surface area contributed by atoms with Crippen LogP contribution < -0.4 is 5.09 Å². The largest absolute Gasteiger partial charge is 0.432 e. The molecule has 0 aliphatic rings. The number of hydrogen-bond acceptors (Lipinski definition) is 3. The maximum atomic E-state index is 12.4. The van der Waals surface area contributed by atoms with Crippen molar-refractivity contribution in [3.63, 3.8) is 0 Å². The van der Waals surface area contributed by atoms with E-state index in [4.69, 9.17) is 9.05 Å². The molecule has 1 rings (SSSR count). The van der Waals surface area contributed by atoms with Gasteiger partial charge in [-0.3, -0.25) is 14.1 Å². The standard InChI is InChI=1S/C14H22NO3P/c1-12(2)17-19(16,18-13(3)4)15-11-10-14-8-6-5-7-9-14/h5-13H,1-4H3,(H,15,16)/b11-10+. The van der Waals surface area contributed by atoms with Crippen LogP contribution in [0.5, 0.6) is 0 Å². The average Bonchev–Trinajstić information content (AvgIpc) is 2.27. The summed E-state index contributed by atoms with van der Waals surface area (Å²) < 4.78 is 23.1. The second-order valence-electron chi connectivity index (χ2n) is 4.68. The maximum absolute atomic E-state index is 12.4. The van der Waals surface area contributed by atoms with Crippen molar-refractivity contribution in [2.45, 2.75) is 39.9 Å². The summed E-state index contributed by atoms with van der Waals surface area (Å²) in [5.41, 5.74) is 1.01. The lowest BCUT2D eigenvalue weighted by molar-refractivity contribution is 0.138. The van der Waals surface area contributed by atoms with Gasteiger partial charge >= 0.3 is 7.75 Å². The van der Waals surface area contributed by atoms with Gasteiger partial charge in [-0.05, 0) is 39.3 Å². The predicted octanol–water partition coefficient (Wildman–Crippen LogP) is 4.21. The Labute approximate surface area is 115 Å². The summed E-state index contributed by atoms with van der Waals surface area (Å²) in [7, 11) is -3.31. The van der Waals surface area contributed by atoms with Crippen molar-refractivity contribution >= 4 is 13.8 Å². The summed E-state index contributed by atoms with van der Waals surface area (Å²) in [5, 5.41) is 2.74. The molecule has 19 heavy (non-hydrogen) atoms. The zero-order chi connectivity index (χ0) is 14.3. The zero-order valence-corrected chi connectivity index (χ0v) is 12.8. The van der Waals surface area contributed by atoms with E-state index in [1.165, 1.54) is 0 Å². The summed E-state index contributed by atoms with van der Waals surface area (Å²) in [6, 6.07) is 9.73. The maximum Gasteiger partial charge on any atom is 0.432 e. The highest BCUT2D eigenvalue weighted by Crippen LogP contribution is 2.46.